The van der Waals surface area contributed by atoms with Gasteiger partial charge in [0.2, 0.25) is 5.91 Å². The lowest BCUT2D eigenvalue weighted by Crippen LogP contribution is -2.50. The summed E-state index contributed by atoms with van der Waals surface area (Å²) in [6, 6.07) is 3.09. The number of alkyl halides is 4. The number of carbonyl (C=O) groups excluding carboxylic acids is 1. The van der Waals surface area contributed by atoms with Crippen molar-refractivity contribution in [2.45, 2.75) is 31.2 Å². The van der Waals surface area contributed by atoms with Gasteiger partial charge in [-0.2, -0.15) is 13.2 Å². The van der Waals surface area contributed by atoms with Gasteiger partial charge in [-0.25, -0.2) is 4.39 Å². The molecule has 3 nitrogen and oxygen atoms in total. The molecule has 7 heteroatoms. The van der Waals surface area contributed by atoms with Gasteiger partial charge in [0, 0.05) is 5.69 Å². The van der Waals surface area contributed by atoms with Crippen molar-refractivity contribution in [3.8, 4) is 0 Å². The summed E-state index contributed by atoms with van der Waals surface area (Å²) >= 11 is 0. The number of carbonyl (C=O) groups is 1. The van der Waals surface area contributed by atoms with Gasteiger partial charge >= 0.3 is 6.18 Å². The first-order valence-electron chi connectivity index (χ1n) is 6.23. The van der Waals surface area contributed by atoms with Crippen LogP contribution in [0.1, 0.15) is 18.4 Å². The van der Waals surface area contributed by atoms with Crippen LogP contribution < -0.4 is 10.6 Å². The standard InChI is InChI=1S/C13H14F4N2O/c14-10-2-1-7-18-11(10)12(20)19-9-5-3-8(4-6-9)13(15,16)17/h3-6,10-11,18H,1-2,7H2,(H,19,20)/t10-,11+/m1/s1. The van der Waals surface area contributed by atoms with Crippen LogP contribution in [0, 0.1) is 0 Å². The minimum atomic E-state index is -4.42. The average molecular weight is 290 g/mol. The third kappa shape index (κ3) is 3.47. The van der Waals surface area contributed by atoms with Crippen LogP contribution in [-0.2, 0) is 11.0 Å². The molecule has 1 amide bonds. The van der Waals surface area contributed by atoms with Gasteiger partial charge in [-0.1, -0.05) is 0 Å². The normalized spacial score (nSPS) is 23.4. The zero-order chi connectivity index (χ0) is 14.8. The first kappa shape index (κ1) is 14.8. The maximum Gasteiger partial charge on any atom is 0.416 e. The molecule has 0 unspecified atom stereocenters. The van der Waals surface area contributed by atoms with Crippen LogP contribution in [0.25, 0.3) is 0 Å². The van der Waals surface area contributed by atoms with Gasteiger partial charge in [-0.3, -0.25) is 4.79 Å². The minimum absolute atomic E-state index is 0.211. The molecule has 1 aromatic carbocycles. The lowest BCUT2D eigenvalue weighted by atomic mass is 10.0. The highest BCUT2D eigenvalue weighted by Crippen LogP contribution is 2.29. The van der Waals surface area contributed by atoms with Crippen molar-refractivity contribution in [2.24, 2.45) is 0 Å². The number of piperidine rings is 1. The predicted molar refractivity (Wildman–Crippen MR) is 66.0 cm³/mol. The number of rotatable bonds is 2. The minimum Gasteiger partial charge on any atom is -0.325 e. The number of anilines is 1. The van der Waals surface area contributed by atoms with Crippen molar-refractivity contribution in [3.63, 3.8) is 0 Å². The molecular weight excluding hydrogens is 276 g/mol. The van der Waals surface area contributed by atoms with Crippen molar-refractivity contribution < 1.29 is 22.4 Å². The van der Waals surface area contributed by atoms with Gasteiger partial charge < -0.3 is 10.6 Å². The van der Waals surface area contributed by atoms with Crippen molar-refractivity contribution in [3.05, 3.63) is 29.8 Å². The summed E-state index contributed by atoms with van der Waals surface area (Å²) in [6.07, 6.45) is -4.74. The van der Waals surface area contributed by atoms with Gasteiger partial charge in [0.25, 0.3) is 0 Å². The molecule has 110 valence electrons. The molecule has 0 spiro atoms. The highest BCUT2D eigenvalue weighted by atomic mass is 19.4. The Balaban J connectivity index is 2.01. The van der Waals surface area contributed by atoms with E-state index in [0.717, 1.165) is 24.3 Å². The molecule has 0 saturated carbocycles. The molecule has 0 aromatic heterocycles. The van der Waals surface area contributed by atoms with E-state index in [2.05, 4.69) is 10.6 Å². The average Bonchev–Trinajstić information content (AvgIpc) is 2.38. The summed E-state index contributed by atoms with van der Waals surface area (Å²) in [4.78, 5) is 11.8. The maximum absolute atomic E-state index is 13.5. The molecular formula is C13H14F4N2O. The molecule has 1 aliphatic heterocycles. The van der Waals surface area contributed by atoms with E-state index in [1.54, 1.807) is 0 Å². The van der Waals surface area contributed by atoms with Crippen molar-refractivity contribution in [1.29, 1.82) is 0 Å². The Morgan fingerprint density at radius 1 is 1.25 bits per heavy atom. The van der Waals surface area contributed by atoms with Gasteiger partial charge in [0.05, 0.1) is 5.56 Å². The van der Waals surface area contributed by atoms with Crippen molar-refractivity contribution in [1.82, 2.24) is 5.32 Å². The van der Waals surface area contributed by atoms with E-state index in [0.29, 0.717) is 19.4 Å². The second kappa shape index (κ2) is 5.78. The van der Waals surface area contributed by atoms with E-state index in [1.165, 1.54) is 0 Å². The zero-order valence-electron chi connectivity index (χ0n) is 10.5. The lowest BCUT2D eigenvalue weighted by Gasteiger charge is -2.26. The number of benzene rings is 1. The summed E-state index contributed by atoms with van der Waals surface area (Å²) in [7, 11) is 0. The predicted octanol–water partition coefficient (Wildman–Crippen LogP) is 2.73. The molecule has 0 bridgehead atoms. The molecule has 0 aliphatic carbocycles. The number of halogens is 4. The van der Waals surface area contributed by atoms with Crippen molar-refractivity contribution in [2.75, 3.05) is 11.9 Å². The van der Waals surface area contributed by atoms with E-state index in [4.69, 9.17) is 0 Å². The van der Waals surface area contributed by atoms with E-state index in [-0.39, 0.29) is 5.69 Å². The number of nitrogens with one attached hydrogen (secondary N) is 2. The van der Waals surface area contributed by atoms with E-state index in [9.17, 15) is 22.4 Å². The fourth-order valence-corrected chi connectivity index (χ4v) is 2.07. The SMILES string of the molecule is O=C(Nc1ccc(C(F)(F)F)cc1)[C@H]1NCCC[C@H]1F. The fourth-order valence-electron chi connectivity index (χ4n) is 2.07. The molecule has 1 fully saturated rings. The third-order valence-electron chi connectivity index (χ3n) is 3.14. The first-order chi connectivity index (χ1) is 9.38. The van der Waals surface area contributed by atoms with Crippen LogP contribution in [0.5, 0.6) is 0 Å². The largest absolute Gasteiger partial charge is 0.416 e. The number of amides is 1. The number of hydrogen-bond donors (Lipinski definition) is 2. The Hall–Kier alpha value is -1.63. The second-order valence-corrected chi connectivity index (χ2v) is 4.65. The Morgan fingerprint density at radius 3 is 2.45 bits per heavy atom. The molecule has 20 heavy (non-hydrogen) atoms. The van der Waals surface area contributed by atoms with E-state index >= 15 is 0 Å². The molecule has 1 heterocycles. The van der Waals surface area contributed by atoms with E-state index < -0.39 is 29.9 Å². The Kier molecular flexibility index (Phi) is 4.27. The smallest absolute Gasteiger partial charge is 0.325 e. The van der Waals surface area contributed by atoms with Crippen LogP contribution in [0.15, 0.2) is 24.3 Å². The third-order valence-corrected chi connectivity index (χ3v) is 3.14. The highest BCUT2D eigenvalue weighted by Gasteiger charge is 2.32. The zero-order valence-corrected chi connectivity index (χ0v) is 10.5. The summed E-state index contributed by atoms with van der Waals surface area (Å²) < 4.78 is 50.7. The summed E-state index contributed by atoms with van der Waals surface area (Å²) in [6.45, 7) is 0.547. The van der Waals surface area contributed by atoms with Crippen LogP contribution in [0.3, 0.4) is 0 Å². The summed E-state index contributed by atoms with van der Waals surface area (Å²) in [5.41, 5.74) is -0.586. The first-order valence-corrected chi connectivity index (χ1v) is 6.23. The molecule has 2 atom stereocenters. The van der Waals surface area contributed by atoms with Gasteiger partial charge in [0.1, 0.15) is 12.2 Å². The molecule has 0 radical (unpaired) electrons. The Labute approximate surface area is 113 Å². The summed E-state index contributed by atoms with van der Waals surface area (Å²) in [5, 5.41) is 5.17. The lowest BCUT2D eigenvalue weighted by molar-refractivity contribution is -0.137. The maximum atomic E-state index is 13.5. The van der Waals surface area contributed by atoms with Crippen LogP contribution in [0.4, 0.5) is 23.2 Å². The van der Waals surface area contributed by atoms with Gasteiger partial charge in [-0.15, -0.1) is 0 Å². The molecule has 1 aromatic rings. The molecule has 1 aliphatic rings. The van der Waals surface area contributed by atoms with Crippen LogP contribution >= 0.6 is 0 Å². The van der Waals surface area contributed by atoms with Gasteiger partial charge in [0.15, 0.2) is 0 Å². The molecule has 2 N–H and O–H groups in total. The fraction of sp³-hybridized carbons (Fsp3) is 0.462. The van der Waals surface area contributed by atoms with Gasteiger partial charge in [-0.05, 0) is 43.7 Å². The molecule has 2 rings (SSSR count). The van der Waals surface area contributed by atoms with E-state index in [1.807, 2.05) is 0 Å². The summed E-state index contributed by atoms with van der Waals surface area (Å²) in [5.74, 6) is -0.572. The Bertz CT molecular complexity index is 472. The van der Waals surface area contributed by atoms with Crippen LogP contribution in [0.2, 0.25) is 0 Å². The molecule has 1 saturated heterocycles. The second-order valence-electron chi connectivity index (χ2n) is 4.65. The van der Waals surface area contributed by atoms with Crippen molar-refractivity contribution >= 4 is 11.6 Å². The topological polar surface area (TPSA) is 41.1 Å². The van der Waals surface area contributed by atoms with Crippen LogP contribution in [-0.4, -0.2) is 24.7 Å². The quantitative estimate of drug-likeness (QED) is 0.822. The monoisotopic (exact) mass is 290 g/mol. The highest BCUT2D eigenvalue weighted by molar-refractivity contribution is 5.95. The number of hydrogen-bond acceptors (Lipinski definition) is 2. The Morgan fingerprint density at radius 2 is 1.90 bits per heavy atom.